The van der Waals surface area contributed by atoms with Crippen LogP contribution in [0.4, 0.5) is 0 Å². The van der Waals surface area contributed by atoms with Gasteiger partial charge in [-0.3, -0.25) is 0 Å². The number of carbonyl (C=O) groups is 1. The number of carboxylic acids is 1. The minimum atomic E-state index is -1.04. The molecule has 0 saturated carbocycles. The summed E-state index contributed by atoms with van der Waals surface area (Å²) in [7, 11) is 0. The Labute approximate surface area is 127 Å². The summed E-state index contributed by atoms with van der Waals surface area (Å²) in [6.45, 7) is 5.91. The highest BCUT2D eigenvalue weighted by Crippen LogP contribution is 2.29. The second kappa shape index (κ2) is 6.10. The molecule has 21 heavy (non-hydrogen) atoms. The smallest absolute Gasteiger partial charge is 0.335 e. The lowest BCUT2D eigenvalue weighted by Gasteiger charge is -2.10. The van der Waals surface area contributed by atoms with Crippen LogP contribution in [0.5, 0.6) is 11.8 Å². The molecule has 2 aromatic rings. The van der Waals surface area contributed by atoms with E-state index in [0.717, 1.165) is 11.4 Å². The van der Waals surface area contributed by atoms with Crippen LogP contribution in [0.2, 0.25) is 5.02 Å². The van der Waals surface area contributed by atoms with Gasteiger partial charge in [-0.2, -0.15) is 4.98 Å². The van der Waals surface area contributed by atoms with E-state index in [9.17, 15) is 4.79 Å². The van der Waals surface area contributed by atoms with Crippen LogP contribution in [0.25, 0.3) is 0 Å². The molecule has 6 heteroatoms. The van der Waals surface area contributed by atoms with Gasteiger partial charge < -0.3 is 9.84 Å². The maximum Gasteiger partial charge on any atom is 0.335 e. The Morgan fingerprint density at radius 3 is 2.57 bits per heavy atom. The molecule has 110 valence electrons. The number of hydrogen-bond acceptors (Lipinski definition) is 4. The first-order valence-corrected chi connectivity index (χ1v) is 6.81. The molecule has 1 N–H and O–H groups in total. The largest absolute Gasteiger partial charge is 0.478 e. The molecular weight excluding hydrogens is 292 g/mol. The van der Waals surface area contributed by atoms with E-state index >= 15 is 0 Å². The SMILES string of the molecule is Cc1cc(C(C)C)nc(Oc2ccc(C(=O)O)cc2Cl)n1. The maximum absolute atomic E-state index is 10.9. The van der Waals surface area contributed by atoms with E-state index in [1.165, 1.54) is 18.2 Å². The van der Waals surface area contributed by atoms with Crippen molar-refractivity contribution in [3.63, 3.8) is 0 Å². The highest BCUT2D eigenvalue weighted by Gasteiger charge is 2.12. The minimum Gasteiger partial charge on any atom is -0.478 e. The highest BCUT2D eigenvalue weighted by atomic mass is 35.5. The third-order valence-electron chi connectivity index (χ3n) is 2.83. The van der Waals surface area contributed by atoms with Gasteiger partial charge in [-0.05, 0) is 37.1 Å². The monoisotopic (exact) mass is 306 g/mol. The van der Waals surface area contributed by atoms with Gasteiger partial charge in [0.25, 0.3) is 0 Å². The van der Waals surface area contributed by atoms with E-state index in [4.69, 9.17) is 21.4 Å². The number of halogens is 1. The molecule has 0 aliphatic heterocycles. The number of benzene rings is 1. The molecule has 0 bridgehead atoms. The van der Waals surface area contributed by atoms with Crippen LogP contribution in [-0.2, 0) is 0 Å². The number of aromatic nitrogens is 2. The van der Waals surface area contributed by atoms with Gasteiger partial charge in [-0.25, -0.2) is 9.78 Å². The molecule has 0 fully saturated rings. The molecule has 0 saturated heterocycles. The average Bonchev–Trinajstić information content (AvgIpc) is 2.40. The van der Waals surface area contributed by atoms with E-state index < -0.39 is 5.97 Å². The molecule has 5 nitrogen and oxygen atoms in total. The first kappa shape index (κ1) is 15.3. The van der Waals surface area contributed by atoms with Crippen molar-refractivity contribution in [3.05, 3.63) is 46.2 Å². The second-order valence-electron chi connectivity index (χ2n) is 4.92. The van der Waals surface area contributed by atoms with Crippen molar-refractivity contribution in [1.82, 2.24) is 9.97 Å². The molecule has 0 radical (unpaired) electrons. The summed E-state index contributed by atoms with van der Waals surface area (Å²) in [5.74, 6) is -0.474. The number of carboxylic acid groups (broad SMARTS) is 1. The van der Waals surface area contributed by atoms with Crippen molar-refractivity contribution in [2.45, 2.75) is 26.7 Å². The number of hydrogen-bond donors (Lipinski definition) is 1. The topological polar surface area (TPSA) is 72.3 Å². The summed E-state index contributed by atoms with van der Waals surface area (Å²) in [6, 6.07) is 6.34. The first-order chi connectivity index (χ1) is 9.86. The molecule has 0 aliphatic carbocycles. The van der Waals surface area contributed by atoms with E-state index in [1.54, 1.807) is 0 Å². The molecule has 1 heterocycles. The van der Waals surface area contributed by atoms with Crippen LogP contribution in [0.15, 0.2) is 24.3 Å². The first-order valence-electron chi connectivity index (χ1n) is 6.43. The lowest BCUT2D eigenvalue weighted by molar-refractivity contribution is 0.0697. The van der Waals surface area contributed by atoms with Crippen LogP contribution in [0.3, 0.4) is 0 Å². The molecule has 0 unspecified atom stereocenters. The molecule has 1 aromatic heterocycles. The van der Waals surface area contributed by atoms with E-state index in [2.05, 4.69) is 9.97 Å². The Morgan fingerprint density at radius 1 is 1.29 bits per heavy atom. The zero-order valence-electron chi connectivity index (χ0n) is 11.9. The minimum absolute atomic E-state index is 0.0976. The van der Waals surface area contributed by atoms with Crippen molar-refractivity contribution in [1.29, 1.82) is 0 Å². The lowest BCUT2D eigenvalue weighted by atomic mass is 10.1. The van der Waals surface area contributed by atoms with Crippen LogP contribution in [0.1, 0.15) is 41.5 Å². The summed E-state index contributed by atoms with van der Waals surface area (Å²) in [6.07, 6.45) is 0. The quantitative estimate of drug-likeness (QED) is 0.922. The molecule has 0 amide bonds. The Bertz CT molecular complexity index is 687. The van der Waals surface area contributed by atoms with E-state index in [-0.39, 0.29) is 22.5 Å². The zero-order valence-corrected chi connectivity index (χ0v) is 12.7. The normalized spacial score (nSPS) is 10.7. The molecule has 0 aliphatic rings. The molecule has 2 rings (SSSR count). The number of nitrogens with zero attached hydrogens (tertiary/aromatic N) is 2. The zero-order chi connectivity index (χ0) is 15.6. The van der Waals surface area contributed by atoms with E-state index in [1.807, 2.05) is 26.8 Å². The van der Waals surface area contributed by atoms with Crippen LogP contribution in [0, 0.1) is 6.92 Å². The summed E-state index contributed by atoms with van der Waals surface area (Å²) in [5.41, 5.74) is 1.76. The van der Waals surface area contributed by atoms with Crippen molar-refractivity contribution in [2.24, 2.45) is 0 Å². The van der Waals surface area contributed by atoms with Crippen LogP contribution >= 0.6 is 11.6 Å². The van der Waals surface area contributed by atoms with E-state index in [0.29, 0.717) is 5.75 Å². The molecule has 0 atom stereocenters. The van der Waals surface area contributed by atoms with Gasteiger partial charge >= 0.3 is 12.0 Å². The lowest BCUT2D eigenvalue weighted by Crippen LogP contribution is -2.01. The predicted molar refractivity (Wildman–Crippen MR) is 79.3 cm³/mol. The number of ether oxygens (including phenoxy) is 1. The van der Waals surface area contributed by atoms with Crippen LogP contribution < -0.4 is 4.74 Å². The van der Waals surface area contributed by atoms with Crippen molar-refractivity contribution < 1.29 is 14.6 Å². The Balaban J connectivity index is 2.32. The average molecular weight is 307 g/mol. The molecule has 0 spiro atoms. The Hall–Kier alpha value is -2.14. The summed E-state index contributed by atoms with van der Waals surface area (Å²) in [5, 5.41) is 9.10. The van der Waals surface area contributed by atoms with Gasteiger partial charge in [-0.1, -0.05) is 25.4 Å². The summed E-state index contributed by atoms with van der Waals surface area (Å²) < 4.78 is 5.57. The van der Waals surface area contributed by atoms with Crippen LogP contribution in [-0.4, -0.2) is 21.0 Å². The molecule has 1 aromatic carbocycles. The number of aryl methyl sites for hydroxylation is 1. The number of aromatic carboxylic acids is 1. The standard InChI is InChI=1S/C15H15ClN2O3/c1-8(2)12-6-9(3)17-15(18-12)21-13-5-4-10(14(19)20)7-11(13)16/h4-8H,1-3H3,(H,19,20). The van der Waals surface area contributed by atoms with Gasteiger partial charge in [0.05, 0.1) is 16.3 Å². The third kappa shape index (κ3) is 3.70. The van der Waals surface area contributed by atoms with Gasteiger partial charge in [-0.15, -0.1) is 0 Å². The fourth-order valence-electron chi connectivity index (χ4n) is 1.72. The van der Waals surface area contributed by atoms with Crippen molar-refractivity contribution in [2.75, 3.05) is 0 Å². The van der Waals surface area contributed by atoms with Crippen molar-refractivity contribution in [3.8, 4) is 11.8 Å². The fraction of sp³-hybridized carbons (Fsp3) is 0.267. The van der Waals surface area contributed by atoms with Gasteiger partial charge in [0.1, 0.15) is 5.75 Å². The fourth-order valence-corrected chi connectivity index (χ4v) is 1.94. The molecular formula is C15H15ClN2O3. The maximum atomic E-state index is 10.9. The number of rotatable bonds is 4. The summed E-state index contributed by atoms with van der Waals surface area (Å²) >= 11 is 6.02. The van der Waals surface area contributed by atoms with Crippen molar-refractivity contribution >= 4 is 17.6 Å². The summed E-state index contributed by atoms with van der Waals surface area (Å²) in [4.78, 5) is 19.4. The van der Waals surface area contributed by atoms with Gasteiger partial charge in [0.2, 0.25) is 0 Å². The second-order valence-corrected chi connectivity index (χ2v) is 5.33. The Kier molecular flexibility index (Phi) is 4.43. The predicted octanol–water partition coefficient (Wildman–Crippen LogP) is 4.05. The Morgan fingerprint density at radius 2 is 2.00 bits per heavy atom. The third-order valence-corrected chi connectivity index (χ3v) is 3.12. The van der Waals surface area contributed by atoms with Gasteiger partial charge in [0.15, 0.2) is 0 Å². The van der Waals surface area contributed by atoms with Gasteiger partial charge in [0, 0.05) is 5.69 Å². The highest BCUT2D eigenvalue weighted by molar-refractivity contribution is 6.32.